The molecular formula is C15H26N2O2. The topological polar surface area (TPSA) is 50.4 Å². The lowest BCUT2D eigenvalue weighted by Crippen LogP contribution is -2.55. The van der Waals surface area contributed by atoms with E-state index < -0.39 is 0 Å². The number of hydrogen-bond donors (Lipinski definition) is 2. The fourth-order valence-corrected chi connectivity index (χ4v) is 3.84. The predicted octanol–water partition coefficient (Wildman–Crippen LogP) is 1.59. The van der Waals surface area contributed by atoms with Crippen molar-refractivity contribution in [2.75, 3.05) is 13.2 Å². The number of rotatable bonds is 3. The first-order chi connectivity index (χ1) is 9.33. The molecule has 19 heavy (non-hydrogen) atoms. The number of fused-ring (bicyclic) bond motifs is 1. The van der Waals surface area contributed by atoms with E-state index in [4.69, 9.17) is 4.74 Å². The molecule has 1 aliphatic carbocycles. The van der Waals surface area contributed by atoms with Gasteiger partial charge in [0, 0.05) is 19.2 Å². The molecule has 4 unspecified atom stereocenters. The van der Waals surface area contributed by atoms with Crippen LogP contribution in [0.15, 0.2) is 0 Å². The van der Waals surface area contributed by atoms with Crippen molar-refractivity contribution in [3.63, 3.8) is 0 Å². The highest BCUT2D eigenvalue weighted by molar-refractivity contribution is 5.81. The van der Waals surface area contributed by atoms with E-state index in [1.165, 1.54) is 32.1 Å². The monoisotopic (exact) mass is 266 g/mol. The molecule has 1 saturated carbocycles. The molecule has 4 heteroatoms. The van der Waals surface area contributed by atoms with Crippen LogP contribution in [0.3, 0.4) is 0 Å². The smallest absolute Gasteiger partial charge is 0.237 e. The molecule has 3 aliphatic rings. The number of carbonyl (C=O) groups is 1. The molecule has 3 fully saturated rings. The van der Waals surface area contributed by atoms with E-state index >= 15 is 0 Å². The molecule has 2 aliphatic heterocycles. The predicted molar refractivity (Wildman–Crippen MR) is 73.9 cm³/mol. The lowest BCUT2D eigenvalue weighted by Gasteiger charge is -2.40. The first-order valence-electron chi connectivity index (χ1n) is 7.98. The Labute approximate surface area is 115 Å². The van der Waals surface area contributed by atoms with Crippen LogP contribution in [-0.2, 0) is 9.53 Å². The summed E-state index contributed by atoms with van der Waals surface area (Å²) in [6, 6.07) is 0.613. The summed E-state index contributed by atoms with van der Waals surface area (Å²) in [5.41, 5.74) is 0. The highest BCUT2D eigenvalue weighted by Gasteiger charge is 2.34. The van der Waals surface area contributed by atoms with Crippen molar-refractivity contribution in [1.82, 2.24) is 10.6 Å². The average molecular weight is 266 g/mol. The first-order valence-corrected chi connectivity index (χ1v) is 7.98. The van der Waals surface area contributed by atoms with Crippen LogP contribution in [0, 0.1) is 5.92 Å². The average Bonchev–Trinajstić information content (AvgIpc) is 2.97. The Hall–Kier alpha value is -0.610. The molecule has 3 rings (SSSR count). The van der Waals surface area contributed by atoms with Gasteiger partial charge in [-0.25, -0.2) is 0 Å². The normalized spacial score (nSPS) is 38.7. The van der Waals surface area contributed by atoms with Gasteiger partial charge in [0.05, 0.1) is 12.1 Å². The van der Waals surface area contributed by atoms with Gasteiger partial charge in [-0.2, -0.15) is 0 Å². The molecule has 0 aromatic carbocycles. The standard InChI is InChI=1S/C15H26N2O2/c18-15(16-10-12-5-3-9-19-12)14-8-7-11-4-1-2-6-13(11)17-14/h11-14,17H,1-10H2,(H,16,18). The second kappa shape index (κ2) is 6.23. The van der Waals surface area contributed by atoms with Crippen LogP contribution in [0.25, 0.3) is 0 Å². The number of piperidine rings is 1. The van der Waals surface area contributed by atoms with Crippen LogP contribution in [-0.4, -0.2) is 37.2 Å². The van der Waals surface area contributed by atoms with E-state index in [1.807, 2.05) is 0 Å². The summed E-state index contributed by atoms with van der Waals surface area (Å²) < 4.78 is 5.54. The minimum Gasteiger partial charge on any atom is -0.376 e. The van der Waals surface area contributed by atoms with E-state index in [9.17, 15) is 4.79 Å². The zero-order valence-electron chi connectivity index (χ0n) is 11.7. The Bertz CT molecular complexity index is 315. The number of amides is 1. The van der Waals surface area contributed by atoms with E-state index in [0.29, 0.717) is 12.6 Å². The van der Waals surface area contributed by atoms with Crippen molar-refractivity contribution in [1.29, 1.82) is 0 Å². The van der Waals surface area contributed by atoms with Gasteiger partial charge in [-0.1, -0.05) is 12.8 Å². The molecule has 0 bridgehead atoms. The third-order valence-electron chi connectivity index (χ3n) is 4.99. The molecule has 4 nitrogen and oxygen atoms in total. The van der Waals surface area contributed by atoms with Crippen molar-refractivity contribution in [3.05, 3.63) is 0 Å². The summed E-state index contributed by atoms with van der Waals surface area (Å²) in [6.45, 7) is 1.54. The number of nitrogens with one attached hydrogen (secondary N) is 2. The van der Waals surface area contributed by atoms with Gasteiger partial charge in [-0.3, -0.25) is 4.79 Å². The van der Waals surface area contributed by atoms with Gasteiger partial charge >= 0.3 is 0 Å². The molecule has 0 aromatic rings. The molecule has 0 radical (unpaired) electrons. The summed E-state index contributed by atoms with van der Waals surface area (Å²) in [5, 5.41) is 6.64. The minimum atomic E-state index is 0.0285. The fraction of sp³-hybridized carbons (Fsp3) is 0.933. The largest absolute Gasteiger partial charge is 0.376 e. The lowest BCUT2D eigenvalue weighted by molar-refractivity contribution is -0.125. The van der Waals surface area contributed by atoms with Crippen LogP contribution >= 0.6 is 0 Å². The van der Waals surface area contributed by atoms with Crippen LogP contribution in [0.4, 0.5) is 0 Å². The van der Waals surface area contributed by atoms with Crippen molar-refractivity contribution in [2.24, 2.45) is 5.92 Å². The SMILES string of the molecule is O=C(NCC1CCCO1)C1CCC2CCCCC2N1. The summed E-state index contributed by atoms with van der Waals surface area (Å²) in [7, 11) is 0. The Kier molecular flexibility index (Phi) is 4.38. The van der Waals surface area contributed by atoms with Gasteiger partial charge in [0.2, 0.25) is 5.91 Å². The Morgan fingerprint density at radius 2 is 2.00 bits per heavy atom. The summed E-state index contributed by atoms with van der Waals surface area (Å²) in [5.74, 6) is 0.996. The maximum atomic E-state index is 12.2. The molecular weight excluding hydrogens is 240 g/mol. The molecule has 108 valence electrons. The third kappa shape index (κ3) is 3.29. The van der Waals surface area contributed by atoms with Gasteiger partial charge in [0.25, 0.3) is 0 Å². The molecule has 2 N–H and O–H groups in total. The molecule has 0 aromatic heterocycles. The summed E-state index contributed by atoms with van der Waals surface area (Å²) in [4.78, 5) is 12.2. The van der Waals surface area contributed by atoms with Gasteiger partial charge < -0.3 is 15.4 Å². The van der Waals surface area contributed by atoms with Crippen molar-refractivity contribution in [2.45, 2.75) is 69.6 Å². The highest BCUT2D eigenvalue weighted by atomic mass is 16.5. The quantitative estimate of drug-likeness (QED) is 0.815. The highest BCUT2D eigenvalue weighted by Crippen LogP contribution is 2.32. The van der Waals surface area contributed by atoms with E-state index in [2.05, 4.69) is 10.6 Å². The molecule has 2 heterocycles. The number of ether oxygens (including phenoxy) is 1. The summed E-state index contributed by atoms with van der Waals surface area (Å²) >= 11 is 0. The van der Waals surface area contributed by atoms with Gasteiger partial charge in [0.1, 0.15) is 0 Å². The second-order valence-electron chi connectivity index (χ2n) is 6.33. The van der Waals surface area contributed by atoms with Crippen LogP contribution in [0.5, 0.6) is 0 Å². The molecule has 2 saturated heterocycles. The van der Waals surface area contributed by atoms with Crippen molar-refractivity contribution < 1.29 is 9.53 Å². The second-order valence-corrected chi connectivity index (χ2v) is 6.33. The Morgan fingerprint density at radius 1 is 1.11 bits per heavy atom. The molecule has 4 atom stereocenters. The number of hydrogen-bond acceptors (Lipinski definition) is 3. The fourth-order valence-electron chi connectivity index (χ4n) is 3.84. The van der Waals surface area contributed by atoms with Crippen molar-refractivity contribution in [3.8, 4) is 0 Å². The van der Waals surface area contributed by atoms with Crippen molar-refractivity contribution >= 4 is 5.91 Å². The van der Waals surface area contributed by atoms with Crippen LogP contribution < -0.4 is 10.6 Å². The third-order valence-corrected chi connectivity index (χ3v) is 4.99. The zero-order valence-corrected chi connectivity index (χ0v) is 11.7. The van der Waals surface area contributed by atoms with E-state index in [0.717, 1.165) is 31.8 Å². The maximum Gasteiger partial charge on any atom is 0.237 e. The van der Waals surface area contributed by atoms with E-state index in [1.54, 1.807) is 0 Å². The Balaban J connectivity index is 1.44. The maximum absolute atomic E-state index is 12.2. The zero-order chi connectivity index (χ0) is 13.1. The van der Waals surface area contributed by atoms with Crippen LogP contribution in [0.2, 0.25) is 0 Å². The van der Waals surface area contributed by atoms with Crippen LogP contribution in [0.1, 0.15) is 51.4 Å². The molecule has 1 amide bonds. The van der Waals surface area contributed by atoms with Gasteiger partial charge in [0.15, 0.2) is 0 Å². The lowest BCUT2D eigenvalue weighted by atomic mass is 9.77. The number of carbonyl (C=O) groups excluding carboxylic acids is 1. The molecule has 0 spiro atoms. The first kappa shape index (κ1) is 13.4. The van der Waals surface area contributed by atoms with Gasteiger partial charge in [-0.15, -0.1) is 0 Å². The van der Waals surface area contributed by atoms with Gasteiger partial charge in [-0.05, 0) is 44.4 Å². The Morgan fingerprint density at radius 3 is 2.84 bits per heavy atom. The van der Waals surface area contributed by atoms with E-state index in [-0.39, 0.29) is 18.1 Å². The minimum absolute atomic E-state index is 0.0285. The summed E-state index contributed by atoms with van der Waals surface area (Å²) in [6.07, 6.45) is 9.97.